The van der Waals surface area contributed by atoms with Gasteiger partial charge in [0.2, 0.25) is 5.95 Å². The molecule has 0 radical (unpaired) electrons. The van der Waals surface area contributed by atoms with Gasteiger partial charge in [0.1, 0.15) is 5.82 Å². The summed E-state index contributed by atoms with van der Waals surface area (Å²) < 4.78 is 15.5. The third kappa shape index (κ3) is 2.88. The van der Waals surface area contributed by atoms with Crippen LogP contribution in [-0.2, 0) is 6.54 Å². The molecule has 0 amide bonds. The molecular weight excluding hydrogens is 301 g/mol. The fourth-order valence-corrected chi connectivity index (χ4v) is 3.44. The Morgan fingerprint density at radius 3 is 2.50 bits per heavy atom. The number of hydrogen-bond acceptors (Lipinski definition) is 2. The van der Waals surface area contributed by atoms with E-state index in [9.17, 15) is 4.39 Å². The van der Waals surface area contributed by atoms with Crippen molar-refractivity contribution in [2.75, 3.05) is 18.0 Å². The Bertz CT molecular complexity index is 830. The van der Waals surface area contributed by atoms with Crippen LogP contribution in [-0.4, -0.2) is 22.6 Å². The van der Waals surface area contributed by atoms with Crippen LogP contribution in [0.4, 0.5) is 10.3 Å². The molecule has 4 heteroatoms. The lowest BCUT2D eigenvalue weighted by atomic mass is 10.00. The van der Waals surface area contributed by atoms with Crippen molar-refractivity contribution in [3.63, 3.8) is 0 Å². The molecule has 3 nitrogen and oxygen atoms in total. The Labute approximate surface area is 141 Å². The maximum Gasteiger partial charge on any atom is 0.206 e. The fourth-order valence-electron chi connectivity index (χ4n) is 3.44. The van der Waals surface area contributed by atoms with Gasteiger partial charge >= 0.3 is 0 Å². The van der Waals surface area contributed by atoms with Gasteiger partial charge < -0.3 is 9.47 Å². The third-order valence-electron chi connectivity index (χ3n) is 4.95. The third-order valence-corrected chi connectivity index (χ3v) is 4.95. The Balaban J connectivity index is 1.74. The second kappa shape index (κ2) is 6.27. The molecule has 4 rings (SSSR count). The van der Waals surface area contributed by atoms with Crippen LogP contribution in [0, 0.1) is 11.7 Å². The molecule has 0 spiro atoms. The van der Waals surface area contributed by atoms with Crippen molar-refractivity contribution in [3.8, 4) is 0 Å². The number of fused-ring (bicyclic) bond motifs is 1. The van der Waals surface area contributed by atoms with Crippen LogP contribution in [0.15, 0.2) is 48.5 Å². The summed E-state index contributed by atoms with van der Waals surface area (Å²) in [6.45, 7) is 5.13. The number of imidazole rings is 1. The van der Waals surface area contributed by atoms with Crippen LogP contribution in [0.3, 0.4) is 0 Å². The zero-order chi connectivity index (χ0) is 16.5. The van der Waals surface area contributed by atoms with Gasteiger partial charge in [-0.25, -0.2) is 9.37 Å². The Kier molecular flexibility index (Phi) is 3.97. The maximum absolute atomic E-state index is 13.2. The van der Waals surface area contributed by atoms with Crippen molar-refractivity contribution in [1.29, 1.82) is 0 Å². The standard InChI is InChI=1S/C20H22FN3/c1-15-10-12-23(13-11-15)20-22-18-4-2-3-5-19(18)24(20)14-16-6-8-17(21)9-7-16/h2-9,15H,10-14H2,1H3. The van der Waals surface area contributed by atoms with E-state index in [4.69, 9.17) is 4.98 Å². The average molecular weight is 323 g/mol. The van der Waals surface area contributed by atoms with Gasteiger partial charge in [0, 0.05) is 13.1 Å². The molecule has 0 N–H and O–H groups in total. The van der Waals surface area contributed by atoms with Crippen LogP contribution < -0.4 is 4.90 Å². The summed E-state index contributed by atoms with van der Waals surface area (Å²) in [6, 6.07) is 15.0. The summed E-state index contributed by atoms with van der Waals surface area (Å²) in [5.41, 5.74) is 3.25. The molecule has 3 aromatic rings. The maximum atomic E-state index is 13.2. The highest BCUT2D eigenvalue weighted by Crippen LogP contribution is 2.27. The van der Waals surface area contributed by atoms with Crippen LogP contribution in [0.5, 0.6) is 0 Å². The molecule has 2 heterocycles. The zero-order valence-electron chi connectivity index (χ0n) is 14.0. The van der Waals surface area contributed by atoms with Gasteiger partial charge in [0.15, 0.2) is 0 Å². The predicted octanol–water partition coefficient (Wildman–Crippen LogP) is 4.46. The summed E-state index contributed by atoms with van der Waals surface area (Å²) in [5.74, 6) is 1.63. The molecular formula is C20H22FN3. The van der Waals surface area contributed by atoms with Gasteiger partial charge in [-0.3, -0.25) is 0 Å². The van der Waals surface area contributed by atoms with Gasteiger partial charge in [0.05, 0.1) is 17.6 Å². The normalized spacial score (nSPS) is 16.0. The van der Waals surface area contributed by atoms with E-state index in [-0.39, 0.29) is 5.82 Å². The van der Waals surface area contributed by atoms with Crippen LogP contribution in [0.25, 0.3) is 11.0 Å². The molecule has 0 aliphatic carbocycles. The molecule has 1 aliphatic heterocycles. The molecule has 0 unspecified atom stereocenters. The molecule has 0 bridgehead atoms. The Hall–Kier alpha value is -2.36. The van der Waals surface area contributed by atoms with Crippen LogP contribution in [0.1, 0.15) is 25.3 Å². The highest BCUT2D eigenvalue weighted by Gasteiger charge is 2.21. The number of aromatic nitrogens is 2. The lowest BCUT2D eigenvalue weighted by Crippen LogP contribution is -2.34. The predicted molar refractivity (Wildman–Crippen MR) is 95.8 cm³/mol. The van der Waals surface area contributed by atoms with Crippen molar-refractivity contribution < 1.29 is 4.39 Å². The van der Waals surface area contributed by atoms with Crippen LogP contribution >= 0.6 is 0 Å². The quantitative estimate of drug-likeness (QED) is 0.709. The lowest BCUT2D eigenvalue weighted by Gasteiger charge is -2.31. The SMILES string of the molecule is CC1CCN(c2nc3ccccc3n2Cc2ccc(F)cc2)CC1. The number of halogens is 1. The number of para-hydroxylation sites is 2. The second-order valence-corrected chi connectivity index (χ2v) is 6.78. The first-order valence-electron chi connectivity index (χ1n) is 8.65. The first kappa shape index (κ1) is 15.2. The van der Waals surface area contributed by atoms with Crippen molar-refractivity contribution in [2.24, 2.45) is 5.92 Å². The van der Waals surface area contributed by atoms with Gasteiger partial charge in [0.25, 0.3) is 0 Å². The van der Waals surface area contributed by atoms with E-state index in [1.807, 2.05) is 24.3 Å². The van der Waals surface area contributed by atoms with E-state index in [0.717, 1.165) is 41.6 Å². The molecule has 1 saturated heterocycles. The number of rotatable bonds is 3. The topological polar surface area (TPSA) is 21.1 Å². The Morgan fingerprint density at radius 2 is 1.75 bits per heavy atom. The molecule has 124 valence electrons. The zero-order valence-corrected chi connectivity index (χ0v) is 14.0. The van der Waals surface area contributed by atoms with Gasteiger partial charge in [-0.2, -0.15) is 0 Å². The summed E-state index contributed by atoms with van der Waals surface area (Å²) in [5, 5.41) is 0. The second-order valence-electron chi connectivity index (χ2n) is 6.78. The summed E-state index contributed by atoms with van der Waals surface area (Å²) in [4.78, 5) is 7.28. The summed E-state index contributed by atoms with van der Waals surface area (Å²) in [7, 11) is 0. The fraction of sp³-hybridized carbons (Fsp3) is 0.350. The number of benzene rings is 2. The van der Waals surface area contributed by atoms with E-state index in [0.29, 0.717) is 6.54 Å². The lowest BCUT2D eigenvalue weighted by molar-refractivity contribution is 0.432. The van der Waals surface area contributed by atoms with Gasteiger partial charge in [-0.15, -0.1) is 0 Å². The first-order valence-corrected chi connectivity index (χ1v) is 8.65. The van der Waals surface area contributed by atoms with Gasteiger partial charge in [-0.1, -0.05) is 31.2 Å². The number of anilines is 1. The molecule has 2 aromatic carbocycles. The van der Waals surface area contributed by atoms with Crippen molar-refractivity contribution in [3.05, 3.63) is 59.9 Å². The smallest absolute Gasteiger partial charge is 0.206 e. The van der Waals surface area contributed by atoms with E-state index >= 15 is 0 Å². The number of piperidine rings is 1. The largest absolute Gasteiger partial charge is 0.342 e. The molecule has 1 fully saturated rings. The number of nitrogens with zero attached hydrogens (tertiary/aromatic N) is 3. The van der Waals surface area contributed by atoms with Gasteiger partial charge in [-0.05, 0) is 48.6 Å². The summed E-state index contributed by atoms with van der Waals surface area (Å²) in [6.07, 6.45) is 2.42. The minimum Gasteiger partial charge on any atom is -0.342 e. The molecule has 1 aliphatic rings. The molecule has 1 aromatic heterocycles. The Morgan fingerprint density at radius 1 is 1.04 bits per heavy atom. The highest BCUT2D eigenvalue weighted by molar-refractivity contribution is 5.79. The van der Waals surface area contributed by atoms with E-state index in [1.165, 1.54) is 25.0 Å². The molecule has 0 atom stereocenters. The number of hydrogen-bond donors (Lipinski definition) is 0. The minimum atomic E-state index is -0.195. The summed E-state index contributed by atoms with van der Waals surface area (Å²) >= 11 is 0. The first-order chi connectivity index (χ1) is 11.7. The van der Waals surface area contributed by atoms with Crippen molar-refractivity contribution in [1.82, 2.24) is 9.55 Å². The molecule has 24 heavy (non-hydrogen) atoms. The van der Waals surface area contributed by atoms with Crippen molar-refractivity contribution in [2.45, 2.75) is 26.3 Å². The van der Waals surface area contributed by atoms with E-state index in [2.05, 4.69) is 28.5 Å². The average Bonchev–Trinajstić information content (AvgIpc) is 2.96. The van der Waals surface area contributed by atoms with E-state index < -0.39 is 0 Å². The van der Waals surface area contributed by atoms with E-state index in [1.54, 1.807) is 0 Å². The minimum absolute atomic E-state index is 0.195. The monoisotopic (exact) mass is 323 g/mol. The molecule has 0 saturated carbocycles. The van der Waals surface area contributed by atoms with Crippen LogP contribution in [0.2, 0.25) is 0 Å². The van der Waals surface area contributed by atoms with Crippen molar-refractivity contribution >= 4 is 17.0 Å². The highest BCUT2D eigenvalue weighted by atomic mass is 19.1.